The fourth-order valence-electron chi connectivity index (χ4n) is 2.97. The number of rotatable bonds is 3. The molecule has 0 aliphatic rings. The van der Waals surface area contributed by atoms with Crippen LogP contribution in [0.25, 0.3) is 22.1 Å². The van der Waals surface area contributed by atoms with Gasteiger partial charge in [-0.1, -0.05) is 12.1 Å². The first-order valence-electron chi connectivity index (χ1n) is 7.54. The molecular formula is C16H13N5O4. The van der Waals surface area contributed by atoms with Crippen LogP contribution in [0.4, 0.5) is 5.69 Å². The Balaban J connectivity index is 1.85. The molecular weight excluding hydrogens is 326 g/mol. The molecule has 0 saturated carbocycles. The van der Waals surface area contributed by atoms with Crippen molar-refractivity contribution in [2.45, 2.75) is 20.4 Å². The third kappa shape index (κ3) is 2.28. The molecule has 4 aromatic rings. The highest BCUT2D eigenvalue weighted by atomic mass is 16.6. The summed E-state index contributed by atoms with van der Waals surface area (Å²) in [7, 11) is 0. The van der Waals surface area contributed by atoms with Gasteiger partial charge in [0.05, 0.1) is 11.5 Å². The zero-order chi connectivity index (χ0) is 17.7. The van der Waals surface area contributed by atoms with E-state index in [0.29, 0.717) is 28.3 Å². The van der Waals surface area contributed by atoms with Crippen molar-refractivity contribution in [2.24, 2.45) is 0 Å². The van der Waals surface area contributed by atoms with E-state index in [9.17, 15) is 14.9 Å². The standard InChI is InChI=1S/C16H13N5O4/c1-8-14(21(23)24)9(2)20(19-8)7-12-17-13-10-5-3-4-6-11(10)25-15(13)16(22)18-12/h3-6H,7H2,1-2H3,(H,17,18,22). The second kappa shape index (κ2) is 5.26. The van der Waals surface area contributed by atoms with Crippen molar-refractivity contribution < 1.29 is 9.34 Å². The van der Waals surface area contributed by atoms with Crippen molar-refractivity contribution in [3.05, 3.63) is 61.9 Å². The molecule has 0 unspecified atom stereocenters. The lowest BCUT2D eigenvalue weighted by Crippen LogP contribution is -2.15. The van der Waals surface area contributed by atoms with Gasteiger partial charge in [0.2, 0.25) is 5.58 Å². The number of H-pyrrole nitrogens is 1. The molecule has 0 spiro atoms. The lowest BCUT2D eigenvalue weighted by molar-refractivity contribution is -0.386. The third-order valence-corrected chi connectivity index (χ3v) is 4.11. The maximum atomic E-state index is 12.3. The highest BCUT2D eigenvalue weighted by Gasteiger charge is 2.22. The topological polar surface area (TPSA) is 120 Å². The quantitative estimate of drug-likeness (QED) is 0.452. The molecule has 9 heteroatoms. The van der Waals surface area contributed by atoms with Gasteiger partial charge in [0.15, 0.2) is 0 Å². The van der Waals surface area contributed by atoms with Crippen molar-refractivity contribution in [1.82, 2.24) is 19.7 Å². The van der Waals surface area contributed by atoms with Crippen molar-refractivity contribution in [1.29, 1.82) is 0 Å². The molecule has 3 aromatic heterocycles. The van der Waals surface area contributed by atoms with E-state index in [1.165, 1.54) is 4.68 Å². The van der Waals surface area contributed by atoms with E-state index in [0.717, 1.165) is 5.39 Å². The average molecular weight is 339 g/mol. The van der Waals surface area contributed by atoms with Gasteiger partial charge in [-0.25, -0.2) is 4.98 Å². The van der Waals surface area contributed by atoms with Crippen LogP contribution < -0.4 is 5.56 Å². The van der Waals surface area contributed by atoms with Crippen LogP contribution >= 0.6 is 0 Å². The normalized spacial score (nSPS) is 11.4. The van der Waals surface area contributed by atoms with Gasteiger partial charge < -0.3 is 9.40 Å². The van der Waals surface area contributed by atoms with E-state index in [1.54, 1.807) is 19.9 Å². The molecule has 25 heavy (non-hydrogen) atoms. The van der Waals surface area contributed by atoms with E-state index in [1.807, 2.05) is 18.2 Å². The molecule has 0 fully saturated rings. The Labute approximate surface area is 140 Å². The lowest BCUT2D eigenvalue weighted by atomic mass is 10.2. The van der Waals surface area contributed by atoms with Crippen LogP contribution in [0.1, 0.15) is 17.2 Å². The van der Waals surface area contributed by atoms with Crippen molar-refractivity contribution in [3.63, 3.8) is 0 Å². The molecule has 0 amide bonds. The number of aromatic nitrogens is 4. The van der Waals surface area contributed by atoms with Crippen LogP contribution in [0.2, 0.25) is 0 Å². The maximum Gasteiger partial charge on any atom is 0.312 e. The minimum absolute atomic E-state index is 0.0304. The highest BCUT2D eigenvalue weighted by molar-refractivity contribution is 6.01. The number of benzene rings is 1. The van der Waals surface area contributed by atoms with E-state index < -0.39 is 10.5 Å². The van der Waals surface area contributed by atoms with E-state index in [-0.39, 0.29) is 17.8 Å². The maximum absolute atomic E-state index is 12.3. The summed E-state index contributed by atoms with van der Waals surface area (Å²) < 4.78 is 7.01. The third-order valence-electron chi connectivity index (χ3n) is 4.11. The second-order valence-corrected chi connectivity index (χ2v) is 5.72. The smallest absolute Gasteiger partial charge is 0.312 e. The summed E-state index contributed by atoms with van der Waals surface area (Å²) >= 11 is 0. The molecule has 0 bridgehead atoms. The Morgan fingerprint density at radius 3 is 2.80 bits per heavy atom. The van der Waals surface area contributed by atoms with Gasteiger partial charge in [-0.3, -0.25) is 19.6 Å². The Morgan fingerprint density at radius 1 is 1.32 bits per heavy atom. The highest BCUT2D eigenvalue weighted by Crippen LogP contribution is 2.25. The molecule has 0 atom stereocenters. The zero-order valence-corrected chi connectivity index (χ0v) is 13.4. The molecule has 3 heterocycles. The van der Waals surface area contributed by atoms with Gasteiger partial charge in [0.25, 0.3) is 5.56 Å². The molecule has 4 rings (SSSR count). The van der Waals surface area contributed by atoms with Gasteiger partial charge in [0, 0.05) is 5.39 Å². The summed E-state index contributed by atoms with van der Waals surface area (Å²) in [5.74, 6) is 0.351. The van der Waals surface area contributed by atoms with Gasteiger partial charge >= 0.3 is 5.69 Å². The number of aryl methyl sites for hydroxylation is 1. The minimum atomic E-state index is -0.461. The monoisotopic (exact) mass is 339 g/mol. The van der Waals surface area contributed by atoms with Gasteiger partial charge in [-0.05, 0) is 26.0 Å². The summed E-state index contributed by atoms with van der Waals surface area (Å²) in [6.07, 6.45) is 0. The van der Waals surface area contributed by atoms with Crippen LogP contribution in [0, 0.1) is 24.0 Å². The Bertz CT molecular complexity index is 1200. The minimum Gasteiger partial charge on any atom is -0.449 e. The average Bonchev–Trinajstić information content (AvgIpc) is 3.06. The van der Waals surface area contributed by atoms with Crippen molar-refractivity contribution >= 4 is 27.8 Å². The second-order valence-electron chi connectivity index (χ2n) is 5.72. The first-order chi connectivity index (χ1) is 12.0. The van der Waals surface area contributed by atoms with Gasteiger partial charge in [-0.15, -0.1) is 0 Å². The molecule has 0 radical (unpaired) electrons. The summed E-state index contributed by atoms with van der Waals surface area (Å²) in [6, 6.07) is 7.24. The molecule has 9 nitrogen and oxygen atoms in total. The first kappa shape index (κ1) is 15.1. The molecule has 1 N–H and O–H groups in total. The fourth-order valence-corrected chi connectivity index (χ4v) is 2.97. The number of furan rings is 1. The Hall–Kier alpha value is -3.49. The lowest BCUT2D eigenvalue weighted by Gasteiger charge is -2.03. The summed E-state index contributed by atoms with van der Waals surface area (Å²) in [5.41, 5.74) is 1.50. The van der Waals surface area contributed by atoms with Crippen LogP contribution in [-0.4, -0.2) is 24.7 Å². The number of para-hydroxylation sites is 1. The molecule has 1 aromatic carbocycles. The molecule has 0 aliphatic heterocycles. The van der Waals surface area contributed by atoms with E-state index in [4.69, 9.17) is 4.42 Å². The SMILES string of the molecule is Cc1nn(Cc2nc3c(oc4ccccc43)c(=O)[nH]2)c(C)c1[N+](=O)[O-]. The van der Waals surface area contributed by atoms with Crippen molar-refractivity contribution in [3.8, 4) is 0 Å². The van der Waals surface area contributed by atoms with Crippen LogP contribution in [-0.2, 0) is 6.54 Å². The predicted octanol–water partition coefficient (Wildman–Crippen LogP) is 2.44. The number of nitro groups is 1. The number of hydrogen-bond donors (Lipinski definition) is 1. The van der Waals surface area contributed by atoms with Crippen LogP contribution in [0.3, 0.4) is 0 Å². The van der Waals surface area contributed by atoms with E-state index in [2.05, 4.69) is 15.1 Å². The number of nitrogens with zero attached hydrogens (tertiary/aromatic N) is 4. The van der Waals surface area contributed by atoms with Crippen molar-refractivity contribution in [2.75, 3.05) is 0 Å². The molecule has 0 saturated heterocycles. The van der Waals surface area contributed by atoms with Crippen LogP contribution in [0.5, 0.6) is 0 Å². The Kier molecular flexibility index (Phi) is 3.17. The van der Waals surface area contributed by atoms with E-state index >= 15 is 0 Å². The number of fused-ring (bicyclic) bond motifs is 3. The molecule has 0 aliphatic carbocycles. The predicted molar refractivity (Wildman–Crippen MR) is 89.6 cm³/mol. The fraction of sp³-hybridized carbons (Fsp3) is 0.188. The Morgan fingerprint density at radius 2 is 2.08 bits per heavy atom. The summed E-state index contributed by atoms with van der Waals surface area (Å²) in [6.45, 7) is 3.30. The zero-order valence-electron chi connectivity index (χ0n) is 13.4. The summed E-state index contributed by atoms with van der Waals surface area (Å²) in [4.78, 5) is 30.1. The van der Waals surface area contributed by atoms with Gasteiger partial charge in [0.1, 0.15) is 28.3 Å². The number of hydrogen-bond acceptors (Lipinski definition) is 6. The number of aromatic amines is 1. The van der Waals surface area contributed by atoms with Crippen LogP contribution in [0.15, 0.2) is 33.5 Å². The largest absolute Gasteiger partial charge is 0.449 e. The number of nitrogens with one attached hydrogen (secondary N) is 1. The first-order valence-corrected chi connectivity index (χ1v) is 7.54. The molecule has 126 valence electrons. The summed E-state index contributed by atoms with van der Waals surface area (Å²) in [5, 5.41) is 16.0. The van der Waals surface area contributed by atoms with Gasteiger partial charge in [-0.2, -0.15) is 5.10 Å².